The van der Waals surface area contributed by atoms with Gasteiger partial charge in [-0.1, -0.05) is 30.3 Å². The molecule has 1 amide bonds. The number of nitrogens with one attached hydrogen (secondary N) is 1. The van der Waals surface area contributed by atoms with E-state index in [0.717, 1.165) is 5.56 Å². The van der Waals surface area contributed by atoms with Crippen molar-refractivity contribution < 1.29 is 9.63 Å². The Hall–Kier alpha value is -1.39. The zero-order valence-corrected chi connectivity index (χ0v) is 6.94. The minimum Gasteiger partial charge on any atom is -0.317 e. The third-order valence-corrected chi connectivity index (χ3v) is 2.04. The highest BCUT2D eigenvalue weighted by molar-refractivity contribution is 5.83. The van der Waals surface area contributed by atoms with E-state index in [-0.39, 0.29) is 12.0 Å². The van der Waals surface area contributed by atoms with Crippen molar-refractivity contribution in [2.24, 2.45) is 5.73 Å². The third kappa shape index (κ3) is 1.41. The lowest BCUT2D eigenvalue weighted by molar-refractivity contribution is -0.125. The van der Waals surface area contributed by atoms with E-state index < -0.39 is 6.04 Å². The highest BCUT2D eigenvalue weighted by Gasteiger charge is 2.34. The van der Waals surface area contributed by atoms with Gasteiger partial charge < -0.3 is 5.73 Å². The molecule has 68 valence electrons. The fourth-order valence-corrected chi connectivity index (χ4v) is 1.32. The minimum atomic E-state index is -0.609. The van der Waals surface area contributed by atoms with E-state index in [2.05, 4.69) is 5.48 Å². The first-order chi connectivity index (χ1) is 6.29. The van der Waals surface area contributed by atoms with Crippen molar-refractivity contribution in [3.8, 4) is 0 Å². The average molecular weight is 178 g/mol. The Kier molecular flexibility index (Phi) is 2.00. The van der Waals surface area contributed by atoms with Gasteiger partial charge in [-0.05, 0) is 5.56 Å². The van der Waals surface area contributed by atoms with Crippen LogP contribution in [0.15, 0.2) is 30.3 Å². The van der Waals surface area contributed by atoms with Gasteiger partial charge in [0.2, 0.25) is 0 Å². The summed E-state index contributed by atoms with van der Waals surface area (Å²) in [5, 5.41) is 0. The molecule has 3 N–H and O–H groups in total. The lowest BCUT2D eigenvalue weighted by Gasteiger charge is -2.10. The van der Waals surface area contributed by atoms with Gasteiger partial charge in [0.05, 0.1) is 0 Å². The van der Waals surface area contributed by atoms with Crippen molar-refractivity contribution in [3.63, 3.8) is 0 Å². The summed E-state index contributed by atoms with van der Waals surface area (Å²) in [5.41, 5.74) is 8.78. The summed E-state index contributed by atoms with van der Waals surface area (Å²) in [5.74, 6) is -0.270. The van der Waals surface area contributed by atoms with E-state index in [4.69, 9.17) is 10.6 Å². The topological polar surface area (TPSA) is 64.4 Å². The quantitative estimate of drug-likeness (QED) is 0.641. The molecule has 1 aliphatic rings. The summed E-state index contributed by atoms with van der Waals surface area (Å²) in [7, 11) is 0. The van der Waals surface area contributed by atoms with Gasteiger partial charge in [-0.2, -0.15) is 0 Å². The average Bonchev–Trinajstić information content (AvgIpc) is 2.49. The molecule has 1 heterocycles. The van der Waals surface area contributed by atoms with Gasteiger partial charge >= 0.3 is 0 Å². The first kappa shape index (κ1) is 8.22. The normalized spacial score (nSPS) is 27.3. The van der Waals surface area contributed by atoms with Crippen molar-refractivity contribution >= 4 is 5.91 Å². The predicted octanol–water partition coefficient (Wildman–Crippen LogP) is 0.116. The second-order valence-electron chi connectivity index (χ2n) is 2.94. The van der Waals surface area contributed by atoms with Crippen molar-refractivity contribution in [1.82, 2.24) is 5.48 Å². The number of hydrogen-bond donors (Lipinski definition) is 2. The van der Waals surface area contributed by atoms with Crippen LogP contribution < -0.4 is 11.2 Å². The van der Waals surface area contributed by atoms with Crippen molar-refractivity contribution in [1.29, 1.82) is 0 Å². The summed E-state index contributed by atoms with van der Waals surface area (Å²) >= 11 is 0. The van der Waals surface area contributed by atoms with Crippen LogP contribution in [0, 0.1) is 0 Å². The number of amides is 1. The van der Waals surface area contributed by atoms with Gasteiger partial charge in [-0.15, -0.1) is 0 Å². The van der Waals surface area contributed by atoms with E-state index >= 15 is 0 Å². The second kappa shape index (κ2) is 3.16. The van der Waals surface area contributed by atoms with E-state index in [0.29, 0.717) is 0 Å². The van der Waals surface area contributed by atoms with Crippen LogP contribution in [0.25, 0.3) is 0 Å². The van der Waals surface area contributed by atoms with Crippen LogP contribution in [0.1, 0.15) is 11.7 Å². The smallest absolute Gasteiger partial charge is 0.263 e. The Morgan fingerprint density at radius 2 is 2.00 bits per heavy atom. The standard InChI is InChI=1S/C9H10N2O2/c10-7-8(13-11-9(7)12)6-4-2-1-3-5-6/h1-5,7-8H,10H2,(H,11,12)/t7-,8+/m1/s1. The summed E-state index contributed by atoms with van der Waals surface area (Å²) < 4.78 is 0. The fraction of sp³-hybridized carbons (Fsp3) is 0.222. The highest BCUT2D eigenvalue weighted by Crippen LogP contribution is 2.22. The summed E-state index contributed by atoms with van der Waals surface area (Å²) in [4.78, 5) is 16.0. The van der Waals surface area contributed by atoms with Crippen molar-refractivity contribution in [2.45, 2.75) is 12.1 Å². The zero-order valence-electron chi connectivity index (χ0n) is 6.94. The Morgan fingerprint density at radius 3 is 2.54 bits per heavy atom. The lowest BCUT2D eigenvalue weighted by Crippen LogP contribution is -2.33. The van der Waals surface area contributed by atoms with E-state index in [9.17, 15) is 4.79 Å². The van der Waals surface area contributed by atoms with Crippen LogP contribution in [-0.4, -0.2) is 11.9 Å². The maximum Gasteiger partial charge on any atom is 0.263 e. The molecule has 0 radical (unpaired) electrons. The molecule has 0 bridgehead atoms. The summed E-state index contributed by atoms with van der Waals surface area (Å²) in [6.45, 7) is 0. The number of rotatable bonds is 1. The van der Waals surface area contributed by atoms with Crippen LogP contribution in [0.3, 0.4) is 0 Å². The Bertz CT molecular complexity index is 313. The summed E-state index contributed by atoms with van der Waals surface area (Å²) in [6, 6.07) is 8.82. The van der Waals surface area contributed by atoms with Crippen LogP contribution in [0.2, 0.25) is 0 Å². The summed E-state index contributed by atoms with van der Waals surface area (Å²) in [6.07, 6.45) is -0.367. The van der Waals surface area contributed by atoms with Crippen LogP contribution in [-0.2, 0) is 9.63 Å². The molecule has 0 aromatic heterocycles. The fourth-order valence-electron chi connectivity index (χ4n) is 1.32. The molecule has 13 heavy (non-hydrogen) atoms. The Morgan fingerprint density at radius 1 is 1.31 bits per heavy atom. The predicted molar refractivity (Wildman–Crippen MR) is 46.4 cm³/mol. The first-order valence-electron chi connectivity index (χ1n) is 4.05. The van der Waals surface area contributed by atoms with Crippen LogP contribution >= 0.6 is 0 Å². The molecule has 1 aromatic carbocycles. The number of hydroxylamine groups is 1. The van der Waals surface area contributed by atoms with E-state index in [1.165, 1.54) is 0 Å². The number of carbonyl (C=O) groups is 1. The molecule has 1 fully saturated rings. The van der Waals surface area contributed by atoms with Crippen molar-refractivity contribution in [3.05, 3.63) is 35.9 Å². The van der Waals surface area contributed by atoms with Gasteiger partial charge in [0.1, 0.15) is 12.1 Å². The maximum absolute atomic E-state index is 11.0. The molecule has 1 aromatic rings. The van der Waals surface area contributed by atoms with Crippen LogP contribution in [0.4, 0.5) is 0 Å². The number of benzene rings is 1. The largest absolute Gasteiger partial charge is 0.317 e. The molecule has 0 spiro atoms. The maximum atomic E-state index is 11.0. The molecule has 0 saturated carbocycles. The molecule has 4 nitrogen and oxygen atoms in total. The molecular formula is C9H10N2O2. The molecule has 2 atom stereocenters. The molecule has 4 heteroatoms. The Balaban J connectivity index is 2.24. The lowest BCUT2D eigenvalue weighted by atomic mass is 10.0. The van der Waals surface area contributed by atoms with Crippen molar-refractivity contribution in [2.75, 3.05) is 0 Å². The SMILES string of the molecule is N[C@H]1C(=O)NO[C@H]1c1ccccc1. The van der Waals surface area contributed by atoms with E-state index in [1.54, 1.807) is 0 Å². The van der Waals surface area contributed by atoms with Crippen LogP contribution in [0.5, 0.6) is 0 Å². The molecular weight excluding hydrogens is 168 g/mol. The molecule has 0 aliphatic carbocycles. The highest BCUT2D eigenvalue weighted by atomic mass is 16.7. The molecule has 0 unspecified atom stereocenters. The second-order valence-corrected chi connectivity index (χ2v) is 2.94. The van der Waals surface area contributed by atoms with Gasteiger partial charge in [-0.3, -0.25) is 9.63 Å². The Labute approximate surface area is 75.6 Å². The molecule has 2 rings (SSSR count). The molecule has 1 aliphatic heterocycles. The first-order valence-corrected chi connectivity index (χ1v) is 4.05. The van der Waals surface area contributed by atoms with E-state index in [1.807, 2.05) is 30.3 Å². The monoisotopic (exact) mass is 178 g/mol. The minimum absolute atomic E-state index is 0.270. The van der Waals surface area contributed by atoms with Gasteiger partial charge in [0.25, 0.3) is 5.91 Å². The molecule has 1 saturated heterocycles. The van der Waals surface area contributed by atoms with Gasteiger partial charge in [0.15, 0.2) is 0 Å². The zero-order chi connectivity index (χ0) is 9.26. The number of nitrogens with two attached hydrogens (primary N) is 1. The third-order valence-electron chi connectivity index (χ3n) is 2.04. The van der Waals surface area contributed by atoms with Gasteiger partial charge in [-0.25, -0.2) is 5.48 Å². The number of carbonyl (C=O) groups excluding carboxylic acids is 1. The van der Waals surface area contributed by atoms with Gasteiger partial charge in [0, 0.05) is 0 Å². The number of hydrogen-bond acceptors (Lipinski definition) is 3.